The summed E-state index contributed by atoms with van der Waals surface area (Å²) in [5, 5.41) is 10.1. The molecule has 0 bridgehead atoms. The monoisotopic (exact) mass is 456 g/mol. The van der Waals surface area contributed by atoms with Crippen LogP contribution in [-0.4, -0.2) is 22.8 Å². The molecule has 3 aliphatic carbocycles. The van der Waals surface area contributed by atoms with E-state index in [2.05, 4.69) is 32.6 Å². The maximum absolute atomic E-state index is 11.7. The molecule has 5 atom stereocenters. The Labute approximate surface area is 202 Å². The van der Waals surface area contributed by atoms with Crippen molar-refractivity contribution in [1.82, 2.24) is 0 Å². The van der Waals surface area contributed by atoms with Crippen molar-refractivity contribution in [3.63, 3.8) is 0 Å². The number of hydrogen-bond acceptors (Lipinski definition) is 3. The van der Waals surface area contributed by atoms with Crippen LogP contribution in [0.5, 0.6) is 0 Å². The van der Waals surface area contributed by atoms with Crippen molar-refractivity contribution in [2.75, 3.05) is 0 Å². The summed E-state index contributed by atoms with van der Waals surface area (Å²) in [5.74, 6) is 2.07. The van der Waals surface area contributed by atoms with Gasteiger partial charge in [0.05, 0.1) is 6.10 Å². The molecule has 0 spiro atoms. The molecule has 0 aromatic heterocycles. The smallest absolute Gasteiger partial charge is 0.306 e. The second kappa shape index (κ2) is 10.9. The average Bonchev–Trinajstić information content (AvgIpc) is 3.11. The molecule has 3 fully saturated rings. The van der Waals surface area contributed by atoms with Crippen LogP contribution in [0.25, 0.3) is 0 Å². The Morgan fingerprint density at radius 2 is 2.03 bits per heavy atom. The molecule has 3 nitrogen and oxygen atoms in total. The minimum atomic E-state index is -0.361. The number of carbonyl (C=O) groups excluding carboxylic acids is 1. The number of esters is 1. The van der Waals surface area contributed by atoms with Crippen LogP contribution in [0.15, 0.2) is 35.5 Å². The lowest BCUT2D eigenvalue weighted by Crippen LogP contribution is -2.36. The number of allylic oxidation sites excluding steroid dienone is 4. The van der Waals surface area contributed by atoms with E-state index >= 15 is 0 Å². The summed E-state index contributed by atoms with van der Waals surface area (Å²) in [5.41, 5.74) is 4.13. The van der Waals surface area contributed by atoms with Crippen molar-refractivity contribution in [2.45, 2.75) is 123 Å². The van der Waals surface area contributed by atoms with E-state index in [1.165, 1.54) is 49.7 Å². The van der Waals surface area contributed by atoms with Gasteiger partial charge in [-0.1, -0.05) is 57.1 Å². The summed E-state index contributed by atoms with van der Waals surface area (Å²) in [7, 11) is 0. The standard InChI is InChI=1S/C30H48O3/c1-7-28(32)33-29(4,5)18-8-10-22(3)26-16-17-27-23(11-9-19-30(26,27)6)13-14-24-20-25(31)15-12-21(24)2/h13-14,22,25-27,31H,2,7-12,15-20H2,1,3-6H3/t22-,25+,26-,27-,30-/m1/s1. The second-order valence-corrected chi connectivity index (χ2v) is 12.0. The van der Waals surface area contributed by atoms with E-state index in [1.54, 1.807) is 5.57 Å². The number of aliphatic hydroxyl groups is 1. The lowest BCUT2D eigenvalue weighted by molar-refractivity contribution is -0.156. The molecule has 3 saturated carbocycles. The molecule has 0 radical (unpaired) electrons. The highest BCUT2D eigenvalue weighted by atomic mass is 16.6. The topological polar surface area (TPSA) is 46.5 Å². The van der Waals surface area contributed by atoms with E-state index in [1.807, 2.05) is 20.8 Å². The third kappa shape index (κ3) is 6.41. The van der Waals surface area contributed by atoms with Crippen molar-refractivity contribution in [3.8, 4) is 0 Å². The van der Waals surface area contributed by atoms with Gasteiger partial charge in [-0.25, -0.2) is 0 Å². The SMILES string of the molecule is C=C1CC[C@H](O)CC1=CC=C1CCC[C@@]2(C)[C@@H]1CC[C@@H]2[C@H](C)CCCC(C)(C)OC(=O)CC. The predicted molar refractivity (Wildman–Crippen MR) is 137 cm³/mol. The molecule has 186 valence electrons. The van der Waals surface area contributed by atoms with E-state index in [9.17, 15) is 9.90 Å². The lowest BCUT2D eigenvalue weighted by atomic mass is 9.60. The minimum absolute atomic E-state index is 0.0954. The lowest BCUT2D eigenvalue weighted by Gasteiger charge is -2.44. The van der Waals surface area contributed by atoms with Crippen molar-refractivity contribution in [3.05, 3.63) is 35.5 Å². The molecule has 1 N–H and O–H groups in total. The Kier molecular flexibility index (Phi) is 8.70. The van der Waals surface area contributed by atoms with Gasteiger partial charge in [-0.15, -0.1) is 0 Å². The van der Waals surface area contributed by atoms with E-state index in [4.69, 9.17) is 4.74 Å². The number of fused-ring (bicyclic) bond motifs is 1. The second-order valence-electron chi connectivity index (χ2n) is 12.0. The maximum Gasteiger partial charge on any atom is 0.306 e. The fourth-order valence-corrected chi connectivity index (χ4v) is 7.09. The summed E-state index contributed by atoms with van der Waals surface area (Å²) in [6.07, 6.45) is 17.2. The quantitative estimate of drug-likeness (QED) is 0.381. The van der Waals surface area contributed by atoms with Gasteiger partial charge in [0.2, 0.25) is 0 Å². The zero-order valence-electron chi connectivity index (χ0n) is 21.9. The number of ether oxygens (including phenoxy) is 1. The van der Waals surface area contributed by atoms with Gasteiger partial charge >= 0.3 is 5.97 Å². The van der Waals surface area contributed by atoms with E-state index in [0.29, 0.717) is 23.7 Å². The molecule has 3 aliphatic rings. The van der Waals surface area contributed by atoms with Crippen LogP contribution in [0.3, 0.4) is 0 Å². The number of aliphatic hydroxyl groups excluding tert-OH is 1. The molecule has 0 aromatic rings. The Bertz CT molecular complexity index is 773. The van der Waals surface area contributed by atoms with E-state index in [-0.39, 0.29) is 17.7 Å². The Balaban J connectivity index is 1.61. The first-order valence-corrected chi connectivity index (χ1v) is 13.5. The minimum Gasteiger partial charge on any atom is -0.460 e. The van der Waals surface area contributed by atoms with E-state index < -0.39 is 0 Å². The largest absolute Gasteiger partial charge is 0.460 e. The average molecular weight is 457 g/mol. The molecule has 3 heteroatoms. The molecule has 0 unspecified atom stereocenters. The van der Waals surface area contributed by atoms with Crippen LogP contribution in [0.2, 0.25) is 0 Å². The molecule has 0 amide bonds. The zero-order valence-corrected chi connectivity index (χ0v) is 21.9. The van der Waals surface area contributed by atoms with Gasteiger partial charge in [-0.3, -0.25) is 4.79 Å². The van der Waals surface area contributed by atoms with Gasteiger partial charge in [0.1, 0.15) is 5.60 Å². The molecule has 0 saturated heterocycles. The third-order valence-corrected chi connectivity index (χ3v) is 9.03. The fourth-order valence-electron chi connectivity index (χ4n) is 7.09. The predicted octanol–water partition coefficient (Wildman–Crippen LogP) is 7.69. The van der Waals surface area contributed by atoms with Crippen molar-refractivity contribution in [2.24, 2.45) is 23.2 Å². The number of carbonyl (C=O) groups is 1. The summed E-state index contributed by atoms with van der Waals surface area (Å²) < 4.78 is 5.63. The highest BCUT2D eigenvalue weighted by Gasteiger charge is 2.50. The third-order valence-electron chi connectivity index (χ3n) is 9.03. The summed E-state index contributed by atoms with van der Waals surface area (Å²) in [6.45, 7) is 15.2. The first-order valence-electron chi connectivity index (χ1n) is 13.5. The normalized spacial score (nSPS) is 33.9. The van der Waals surface area contributed by atoms with Gasteiger partial charge in [0, 0.05) is 6.42 Å². The van der Waals surface area contributed by atoms with Gasteiger partial charge in [0.25, 0.3) is 0 Å². The van der Waals surface area contributed by atoms with Crippen LogP contribution in [-0.2, 0) is 9.53 Å². The molecule has 33 heavy (non-hydrogen) atoms. The van der Waals surface area contributed by atoms with Crippen LogP contribution in [0.4, 0.5) is 0 Å². The summed E-state index contributed by atoms with van der Waals surface area (Å²) in [6, 6.07) is 0. The molecule has 0 heterocycles. The Morgan fingerprint density at radius 1 is 1.27 bits per heavy atom. The molecule has 3 rings (SSSR count). The van der Waals surface area contributed by atoms with Crippen molar-refractivity contribution in [1.29, 1.82) is 0 Å². The first kappa shape index (κ1) is 26.3. The first-order chi connectivity index (χ1) is 15.6. The van der Waals surface area contributed by atoms with Gasteiger partial charge < -0.3 is 9.84 Å². The Hall–Kier alpha value is -1.35. The maximum atomic E-state index is 11.7. The van der Waals surface area contributed by atoms with E-state index in [0.717, 1.165) is 38.0 Å². The summed E-state index contributed by atoms with van der Waals surface area (Å²) in [4.78, 5) is 11.7. The van der Waals surface area contributed by atoms with Crippen molar-refractivity contribution >= 4 is 5.97 Å². The molecule has 0 aliphatic heterocycles. The van der Waals surface area contributed by atoms with Crippen LogP contribution in [0.1, 0.15) is 112 Å². The number of rotatable bonds is 8. The highest BCUT2D eigenvalue weighted by Crippen LogP contribution is 2.60. The molecular weight excluding hydrogens is 408 g/mol. The van der Waals surface area contributed by atoms with Crippen molar-refractivity contribution < 1.29 is 14.6 Å². The van der Waals surface area contributed by atoms with Crippen LogP contribution < -0.4 is 0 Å². The van der Waals surface area contributed by atoms with Gasteiger partial charge in [-0.05, 0) is 107 Å². The molecule has 0 aromatic carbocycles. The Morgan fingerprint density at radius 3 is 2.76 bits per heavy atom. The van der Waals surface area contributed by atoms with Crippen LogP contribution in [0, 0.1) is 23.2 Å². The summed E-state index contributed by atoms with van der Waals surface area (Å²) >= 11 is 0. The zero-order chi connectivity index (χ0) is 24.2. The van der Waals surface area contributed by atoms with Gasteiger partial charge in [-0.2, -0.15) is 0 Å². The van der Waals surface area contributed by atoms with Gasteiger partial charge in [0.15, 0.2) is 0 Å². The van der Waals surface area contributed by atoms with Crippen LogP contribution >= 0.6 is 0 Å². The highest BCUT2D eigenvalue weighted by molar-refractivity contribution is 5.69. The fraction of sp³-hybridized carbons (Fsp3) is 0.767. The number of hydrogen-bond donors (Lipinski definition) is 1. The molecular formula is C30H48O3.